The zero-order valence-corrected chi connectivity index (χ0v) is 18.0. The zero-order chi connectivity index (χ0) is 22.3. The SMILES string of the molecule is COc1cccc(/C=C(/C(=O)OCC(=O)N2CCc3ccccc3C2)c2ccccc2)c1. The number of rotatable bonds is 6. The van der Waals surface area contributed by atoms with Crippen molar-refractivity contribution in [3.8, 4) is 5.75 Å². The summed E-state index contributed by atoms with van der Waals surface area (Å²) in [5, 5.41) is 0. The van der Waals surface area contributed by atoms with Crippen molar-refractivity contribution in [2.75, 3.05) is 20.3 Å². The highest BCUT2D eigenvalue weighted by atomic mass is 16.5. The van der Waals surface area contributed by atoms with Crippen molar-refractivity contribution >= 4 is 23.5 Å². The van der Waals surface area contributed by atoms with Crippen LogP contribution in [0.3, 0.4) is 0 Å². The van der Waals surface area contributed by atoms with E-state index < -0.39 is 5.97 Å². The number of nitrogens with zero attached hydrogens (tertiary/aromatic N) is 1. The topological polar surface area (TPSA) is 55.8 Å². The van der Waals surface area contributed by atoms with E-state index in [0.29, 0.717) is 24.4 Å². The summed E-state index contributed by atoms with van der Waals surface area (Å²) in [5.41, 5.74) is 4.32. The van der Waals surface area contributed by atoms with E-state index in [0.717, 1.165) is 23.1 Å². The Labute approximate surface area is 187 Å². The highest BCUT2D eigenvalue weighted by molar-refractivity contribution is 6.21. The summed E-state index contributed by atoms with van der Waals surface area (Å²) in [6.45, 7) is 0.875. The van der Waals surface area contributed by atoms with Crippen LogP contribution in [0, 0.1) is 0 Å². The first-order valence-electron chi connectivity index (χ1n) is 10.6. The van der Waals surface area contributed by atoms with Crippen LogP contribution in [0.5, 0.6) is 5.75 Å². The zero-order valence-electron chi connectivity index (χ0n) is 18.0. The normalized spacial score (nSPS) is 13.3. The summed E-state index contributed by atoms with van der Waals surface area (Å²) in [6, 6.07) is 24.8. The number of ether oxygens (including phenoxy) is 2. The molecule has 5 nitrogen and oxygen atoms in total. The number of carbonyl (C=O) groups excluding carboxylic acids is 2. The van der Waals surface area contributed by atoms with E-state index in [-0.39, 0.29) is 12.5 Å². The number of methoxy groups -OCH3 is 1. The second-order valence-corrected chi connectivity index (χ2v) is 7.61. The minimum absolute atomic E-state index is 0.193. The van der Waals surface area contributed by atoms with E-state index in [1.54, 1.807) is 18.1 Å². The highest BCUT2D eigenvalue weighted by Gasteiger charge is 2.22. The van der Waals surface area contributed by atoms with Crippen LogP contribution in [0.1, 0.15) is 22.3 Å². The van der Waals surface area contributed by atoms with Crippen molar-refractivity contribution < 1.29 is 19.1 Å². The number of benzene rings is 3. The number of hydrogen-bond donors (Lipinski definition) is 0. The van der Waals surface area contributed by atoms with Gasteiger partial charge in [-0.25, -0.2) is 4.79 Å². The van der Waals surface area contributed by atoms with Crippen molar-refractivity contribution in [2.45, 2.75) is 13.0 Å². The third-order valence-corrected chi connectivity index (χ3v) is 5.52. The Hall–Kier alpha value is -3.86. The molecule has 1 aliphatic rings. The van der Waals surface area contributed by atoms with Crippen molar-refractivity contribution in [2.24, 2.45) is 0 Å². The van der Waals surface area contributed by atoms with E-state index in [2.05, 4.69) is 6.07 Å². The van der Waals surface area contributed by atoms with Gasteiger partial charge in [-0.1, -0.05) is 66.7 Å². The van der Waals surface area contributed by atoms with Gasteiger partial charge in [-0.3, -0.25) is 4.79 Å². The molecule has 0 bridgehead atoms. The molecule has 3 aromatic carbocycles. The molecule has 0 fully saturated rings. The molecule has 0 unspecified atom stereocenters. The molecule has 0 aliphatic carbocycles. The molecule has 3 aromatic rings. The predicted octanol–water partition coefficient (Wildman–Crippen LogP) is 4.36. The van der Waals surface area contributed by atoms with Gasteiger partial charge >= 0.3 is 5.97 Å². The molecule has 5 heteroatoms. The van der Waals surface area contributed by atoms with Gasteiger partial charge in [0, 0.05) is 13.1 Å². The molecular weight excluding hydrogens is 402 g/mol. The van der Waals surface area contributed by atoms with Crippen LogP contribution in [0.2, 0.25) is 0 Å². The molecule has 1 aliphatic heterocycles. The molecule has 0 saturated carbocycles. The van der Waals surface area contributed by atoms with Crippen molar-refractivity contribution in [1.29, 1.82) is 0 Å². The molecule has 1 amide bonds. The van der Waals surface area contributed by atoms with Crippen LogP contribution in [0.25, 0.3) is 11.6 Å². The van der Waals surface area contributed by atoms with Crippen LogP contribution < -0.4 is 4.74 Å². The van der Waals surface area contributed by atoms with Crippen LogP contribution in [-0.2, 0) is 27.3 Å². The number of hydrogen-bond acceptors (Lipinski definition) is 4. The maximum absolute atomic E-state index is 13.0. The van der Waals surface area contributed by atoms with Crippen LogP contribution in [-0.4, -0.2) is 37.0 Å². The Bertz CT molecular complexity index is 1140. The van der Waals surface area contributed by atoms with Gasteiger partial charge < -0.3 is 14.4 Å². The fourth-order valence-electron chi connectivity index (χ4n) is 3.78. The summed E-state index contributed by atoms with van der Waals surface area (Å²) in [7, 11) is 1.60. The average Bonchev–Trinajstić information content (AvgIpc) is 2.86. The predicted molar refractivity (Wildman–Crippen MR) is 124 cm³/mol. The number of esters is 1. The second-order valence-electron chi connectivity index (χ2n) is 7.61. The van der Waals surface area contributed by atoms with Gasteiger partial charge in [0.05, 0.1) is 12.7 Å². The summed E-state index contributed by atoms with van der Waals surface area (Å²) in [4.78, 5) is 27.5. The largest absolute Gasteiger partial charge is 0.497 e. The van der Waals surface area contributed by atoms with Crippen LogP contribution >= 0.6 is 0 Å². The number of carbonyl (C=O) groups is 2. The summed E-state index contributed by atoms with van der Waals surface area (Å²) < 4.78 is 10.7. The first kappa shape index (κ1) is 21.4. The van der Waals surface area contributed by atoms with Crippen molar-refractivity contribution in [3.63, 3.8) is 0 Å². The average molecular weight is 428 g/mol. The lowest BCUT2D eigenvalue weighted by Gasteiger charge is -2.28. The van der Waals surface area contributed by atoms with Gasteiger partial charge in [0.25, 0.3) is 5.91 Å². The summed E-state index contributed by atoms with van der Waals surface area (Å²) in [6.07, 6.45) is 2.56. The fraction of sp³-hybridized carbons (Fsp3) is 0.185. The minimum Gasteiger partial charge on any atom is -0.497 e. The Balaban J connectivity index is 1.48. The third-order valence-electron chi connectivity index (χ3n) is 5.52. The molecule has 0 radical (unpaired) electrons. The van der Waals surface area contributed by atoms with Gasteiger partial charge in [-0.15, -0.1) is 0 Å². The fourth-order valence-corrected chi connectivity index (χ4v) is 3.78. The lowest BCUT2D eigenvalue weighted by atomic mass is 10.00. The first-order valence-corrected chi connectivity index (χ1v) is 10.6. The van der Waals surface area contributed by atoms with Crippen molar-refractivity contribution in [1.82, 2.24) is 4.90 Å². The van der Waals surface area contributed by atoms with Crippen molar-refractivity contribution in [3.05, 3.63) is 101 Å². The molecule has 0 saturated heterocycles. The Morgan fingerprint density at radius 3 is 2.47 bits per heavy atom. The van der Waals surface area contributed by atoms with E-state index in [1.807, 2.05) is 72.8 Å². The van der Waals surface area contributed by atoms with E-state index >= 15 is 0 Å². The number of fused-ring (bicyclic) bond motifs is 1. The monoisotopic (exact) mass is 427 g/mol. The lowest BCUT2D eigenvalue weighted by molar-refractivity contribution is -0.147. The highest BCUT2D eigenvalue weighted by Crippen LogP contribution is 2.23. The standard InChI is InChI=1S/C27H25NO4/c1-31-24-13-7-8-20(16-24)17-25(22-10-3-2-4-11-22)27(30)32-19-26(29)28-15-14-21-9-5-6-12-23(21)18-28/h2-13,16-17H,14-15,18-19H2,1H3/b25-17+. The van der Waals surface area contributed by atoms with E-state index in [9.17, 15) is 9.59 Å². The minimum atomic E-state index is -0.537. The van der Waals surface area contributed by atoms with Gasteiger partial charge in [0.15, 0.2) is 6.61 Å². The lowest BCUT2D eigenvalue weighted by Crippen LogP contribution is -2.38. The van der Waals surface area contributed by atoms with Gasteiger partial charge in [0.2, 0.25) is 0 Å². The molecule has 0 aromatic heterocycles. The van der Waals surface area contributed by atoms with Gasteiger partial charge in [0.1, 0.15) is 5.75 Å². The molecule has 162 valence electrons. The maximum Gasteiger partial charge on any atom is 0.339 e. The molecule has 0 atom stereocenters. The Kier molecular flexibility index (Phi) is 6.66. The third kappa shape index (κ3) is 5.06. The Morgan fingerprint density at radius 1 is 0.938 bits per heavy atom. The number of amides is 1. The molecule has 0 N–H and O–H groups in total. The van der Waals surface area contributed by atoms with E-state index in [1.165, 1.54) is 5.56 Å². The first-order chi connectivity index (χ1) is 15.6. The molecule has 0 spiro atoms. The van der Waals surface area contributed by atoms with Crippen LogP contribution in [0.15, 0.2) is 78.9 Å². The van der Waals surface area contributed by atoms with Gasteiger partial charge in [-0.2, -0.15) is 0 Å². The molecule has 32 heavy (non-hydrogen) atoms. The molecule has 1 heterocycles. The maximum atomic E-state index is 13.0. The molecule has 4 rings (SSSR count). The van der Waals surface area contributed by atoms with E-state index in [4.69, 9.17) is 9.47 Å². The smallest absolute Gasteiger partial charge is 0.339 e. The quantitative estimate of drug-likeness (QED) is 0.333. The molecular formula is C27H25NO4. The second kappa shape index (κ2) is 9.96. The summed E-state index contributed by atoms with van der Waals surface area (Å²) >= 11 is 0. The van der Waals surface area contributed by atoms with Crippen LogP contribution in [0.4, 0.5) is 0 Å². The Morgan fingerprint density at radius 2 is 1.69 bits per heavy atom. The summed E-state index contributed by atoms with van der Waals surface area (Å²) in [5.74, 6) is -0.0356. The van der Waals surface area contributed by atoms with Gasteiger partial charge in [-0.05, 0) is 46.9 Å².